The fourth-order valence-corrected chi connectivity index (χ4v) is 4.62. The van der Waals surface area contributed by atoms with E-state index in [2.05, 4.69) is 30.5 Å². The van der Waals surface area contributed by atoms with Crippen molar-refractivity contribution < 1.29 is 4.39 Å². The molecule has 2 N–H and O–H groups in total. The van der Waals surface area contributed by atoms with Gasteiger partial charge < -0.3 is 15.5 Å². The molecule has 2 aromatic heterocycles. The van der Waals surface area contributed by atoms with E-state index in [4.69, 9.17) is 16.6 Å². The van der Waals surface area contributed by atoms with Crippen LogP contribution < -0.4 is 15.5 Å². The van der Waals surface area contributed by atoms with Crippen LogP contribution in [0.3, 0.4) is 0 Å². The molecule has 2 aliphatic rings. The smallest absolute Gasteiger partial charge is 0.226 e. The van der Waals surface area contributed by atoms with Gasteiger partial charge in [-0.3, -0.25) is 0 Å². The van der Waals surface area contributed by atoms with Gasteiger partial charge in [0.1, 0.15) is 23.2 Å². The molecule has 0 bridgehead atoms. The van der Waals surface area contributed by atoms with Gasteiger partial charge in [0, 0.05) is 18.8 Å². The van der Waals surface area contributed by atoms with Crippen LogP contribution >= 0.6 is 11.6 Å². The van der Waals surface area contributed by atoms with E-state index in [0.717, 1.165) is 26.2 Å². The fraction of sp³-hybridized carbons (Fsp3) is 0.429. The van der Waals surface area contributed by atoms with Crippen LogP contribution in [0.25, 0.3) is 11.0 Å². The van der Waals surface area contributed by atoms with Crippen LogP contribution in [-0.2, 0) is 0 Å². The highest BCUT2D eigenvalue weighted by Gasteiger charge is 2.36. The Bertz CT molecular complexity index is 1060. The molecule has 0 saturated carbocycles. The number of nitrogens with zero attached hydrogens (tertiary/aromatic N) is 5. The van der Waals surface area contributed by atoms with Crippen molar-refractivity contribution in [2.45, 2.75) is 25.7 Å². The minimum atomic E-state index is -0.462. The first-order chi connectivity index (χ1) is 14.6. The molecule has 0 atom stereocenters. The van der Waals surface area contributed by atoms with E-state index in [9.17, 15) is 4.39 Å². The molecule has 9 heteroatoms. The van der Waals surface area contributed by atoms with Crippen molar-refractivity contribution >= 4 is 40.1 Å². The lowest BCUT2D eigenvalue weighted by atomic mass is 9.72. The summed E-state index contributed by atoms with van der Waals surface area (Å²) in [4.78, 5) is 20.2. The number of fused-ring (bicyclic) bond motifs is 1. The zero-order valence-corrected chi connectivity index (χ0v) is 17.3. The van der Waals surface area contributed by atoms with E-state index in [1.54, 1.807) is 12.3 Å². The second-order valence-corrected chi connectivity index (χ2v) is 8.52. The predicted octanol–water partition coefficient (Wildman–Crippen LogP) is 3.93. The summed E-state index contributed by atoms with van der Waals surface area (Å²) in [5.74, 6) is 0.774. The third-order valence-corrected chi connectivity index (χ3v) is 6.61. The van der Waals surface area contributed by atoms with Gasteiger partial charge in [-0.1, -0.05) is 11.6 Å². The average Bonchev–Trinajstić information content (AvgIpc) is 2.77. The normalized spacial score (nSPS) is 18.7. The van der Waals surface area contributed by atoms with E-state index < -0.39 is 5.82 Å². The SMILES string of the molecule is Fc1ccc(Nc2ncnc3cnc(N4CCC5(CCNCC5)CC4)nc23)cc1Cl. The second kappa shape index (κ2) is 7.92. The second-order valence-electron chi connectivity index (χ2n) is 8.12. The first kappa shape index (κ1) is 19.4. The number of halogens is 2. The molecule has 0 aliphatic carbocycles. The largest absolute Gasteiger partial charge is 0.341 e. The van der Waals surface area contributed by atoms with Gasteiger partial charge in [-0.05, 0) is 62.4 Å². The molecular weight excluding hydrogens is 405 g/mol. The van der Waals surface area contributed by atoms with Crippen LogP contribution in [0, 0.1) is 11.2 Å². The maximum Gasteiger partial charge on any atom is 0.226 e. The highest BCUT2D eigenvalue weighted by atomic mass is 35.5. The third-order valence-electron chi connectivity index (χ3n) is 6.32. The average molecular weight is 428 g/mol. The first-order valence-corrected chi connectivity index (χ1v) is 10.7. The summed E-state index contributed by atoms with van der Waals surface area (Å²) in [6, 6.07) is 4.45. The lowest BCUT2D eigenvalue weighted by molar-refractivity contribution is 0.154. The van der Waals surface area contributed by atoms with Crippen LogP contribution in [0.5, 0.6) is 0 Å². The number of rotatable bonds is 3. The predicted molar refractivity (Wildman–Crippen MR) is 116 cm³/mol. The Morgan fingerprint density at radius 2 is 1.87 bits per heavy atom. The third kappa shape index (κ3) is 3.77. The van der Waals surface area contributed by atoms with Gasteiger partial charge in [0.05, 0.1) is 11.2 Å². The number of nitrogens with one attached hydrogen (secondary N) is 2. The van der Waals surface area contributed by atoms with E-state index >= 15 is 0 Å². The number of piperidine rings is 2. The van der Waals surface area contributed by atoms with Crippen molar-refractivity contribution in [1.29, 1.82) is 0 Å². The van der Waals surface area contributed by atoms with E-state index in [0.29, 0.717) is 33.9 Å². The van der Waals surface area contributed by atoms with Crippen LogP contribution in [0.2, 0.25) is 5.02 Å². The van der Waals surface area contributed by atoms with Gasteiger partial charge in [0.15, 0.2) is 5.82 Å². The molecule has 0 amide bonds. The van der Waals surface area contributed by atoms with Crippen molar-refractivity contribution in [3.05, 3.63) is 41.6 Å². The molecule has 1 aromatic carbocycles. The summed E-state index contributed by atoms with van der Waals surface area (Å²) in [5, 5.41) is 6.69. The molecule has 2 saturated heterocycles. The Hall–Kier alpha value is -2.58. The Balaban J connectivity index is 1.39. The van der Waals surface area contributed by atoms with Crippen molar-refractivity contribution in [2.24, 2.45) is 5.41 Å². The molecule has 2 fully saturated rings. The standard InChI is InChI=1S/C21H23ClFN7/c22-15-11-14(1-2-16(15)23)28-19-18-17(26-13-27-19)12-25-20(29-18)30-9-5-21(6-10-30)3-7-24-8-4-21/h1-2,11-13,24H,3-10H2,(H,26,27,28). The fourth-order valence-electron chi connectivity index (χ4n) is 4.44. The molecule has 156 valence electrons. The number of hydrogen-bond donors (Lipinski definition) is 2. The Morgan fingerprint density at radius 1 is 1.07 bits per heavy atom. The number of anilines is 3. The summed E-state index contributed by atoms with van der Waals surface area (Å²) >= 11 is 5.90. The van der Waals surface area contributed by atoms with Crippen molar-refractivity contribution in [3.63, 3.8) is 0 Å². The van der Waals surface area contributed by atoms with Gasteiger partial charge in [0.25, 0.3) is 0 Å². The minimum absolute atomic E-state index is 0.0498. The van der Waals surface area contributed by atoms with Gasteiger partial charge in [-0.2, -0.15) is 0 Å². The van der Waals surface area contributed by atoms with E-state index in [1.165, 1.54) is 44.1 Å². The summed E-state index contributed by atoms with van der Waals surface area (Å²) in [6.45, 7) is 4.14. The van der Waals surface area contributed by atoms with E-state index in [-0.39, 0.29) is 5.02 Å². The Kier molecular flexibility index (Phi) is 5.12. The molecule has 30 heavy (non-hydrogen) atoms. The summed E-state index contributed by atoms with van der Waals surface area (Å²) in [5.41, 5.74) is 2.38. The van der Waals surface area contributed by atoms with Crippen LogP contribution in [-0.4, -0.2) is 46.1 Å². The lowest BCUT2D eigenvalue weighted by Gasteiger charge is -2.44. The van der Waals surface area contributed by atoms with Crippen molar-refractivity contribution in [3.8, 4) is 0 Å². The van der Waals surface area contributed by atoms with Crippen LogP contribution in [0.4, 0.5) is 21.8 Å². The molecular formula is C21H23ClFN7. The molecule has 5 rings (SSSR count). The lowest BCUT2D eigenvalue weighted by Crippen LogP contribution is -2.46. The molecule has 0 unspecified atom stereocenters. The van der Waals surface area contributed by atoms with Gasteiger partial charge >= 0.3 is 0 Å². The molecule has 2 aliphatic heterocycles. The van der Waals surface area contributed by atoms with Gasteiger partial charge in [-0.15, -0.1) is 0 Å². The zero-order chi connectivity index (χ0) is 20.6. The topological polar surface area (TPSA) is 78.9 Å². The monoisotopic (exact) mass is 427 g/mol. The molecule has 0 radical (unpaired) electrons. The maximum absolute atomic E-state index is 13.5. The van der Waals surface area contributed by atoms with Crippen LogP contribution in [0.15, 0.2) is 30.7 Å². The molecule has 4 heterocycles. The summed E-state index contributed by atoms with van der Waals surface area (Å²) < 4.78 is 13.5. The number of aromatic nitrogens is 4. The first-order valence-electron chi connectivity index (χ1n) is 10.3. The molecule has 1 spiro atoms. The van der Waals surface area contributed by atoms with Crippen molar-refractivity contribution in [1.82, 2.24) is 25.3 Å². The maximum atomic E-state index is 13.5. The van der Waals surface area contributed by atoms with Crippen LogP contribution in [0.1, 0.15) is 25.7 Å². The zero-order valence-electron chi connectivity index (χ0n) is 16.5. The highest BCUT2D eigenvalue weighted by molar-refractivity contribution is 6.31. The highest BCUT2D eigenvalue weighted by Crippen LogP contribution is 2.40. The minimum Gasteiger partial charge on any atom is -0.341 e. The summed E-state index contributed by atoms with van der Waals surface area (Å²) in [6.07, 6.45) is 8.03. The Labute approximate surface area is 179 Å². The molecule has 3 aromatic rings. The van der Waals surface area contributed by atoms with Gasteiger partial charge in [-0.25, -0.2) is 24.3 Å². The Morgan fingerprint density at radius 3 is 2.63 bits per heavy atom. The van der Waals surface area contributed by atoms with Gasteiger partial charge in [0.2, 0.25) is 5.95 Å². The van der Waals surface area contributed by atoms with Crippen molar-refractivity contribution in [2.75, 3.05) is 36.4 Å². The number of hydrogen-bond acceptors (Lipinski definition) is 7. The van der Waals surface area contributed by atoms with E-state index in [1.807, 2.05) is 0 Å². The number of benzene rings is 1. The molecule has 7 nitrogen and oxygen atoms in total. The summed E-state index contributed by atoms with van der Waals surface area (Å²) in [7, 11) is 0. The quantitative estimate of drug-likeness (QED) is 0.655.